The van der Waals surface area contributed by atoms with E-state index in [1.165, 1.54) is 18.5 Å². The SMILES string of the molecule is CC[C@H](O)COc1cc(Oc2cnc(C(=O)N3CCC3)cn2)cc(C(=O)Nc2ccn(C)n2)c1. The summed E-state index contributed by atoms with van der Waals surface area (Å²) < 4.78 is 13.0. The zero-order chi connectivity index (χ0) is 24.1. The van der Waals surface area contributed by atoms with Crippen molar-refractivity contribution in [3.8, 4) is 17.4 Å². The molecular formula is C23H26N6O5. The third kappa shape index (κ3) is 5.67. The van der Waals surface area contributed by atoms with Gasteiger partial charge in [0.15, 0.2) is 5.82 Å². The Labute approximate surface area is 196 Å². The van der Waals surface area contributed by atoms with Crippen molar-refractivity contribution in [1.29, 1.82) is 0 Å². The number of amides is 2. The molecule has 0 bridgehead atoms. The number of likely N-dealkylation sites (tertiary alicyclic amines) is 1. The first-order chi connectivity index (χ1) is 16.4. The summed E-state index contributed by atoms with van der Waals surface area (Å²) in [4.78, 5) is 35.1. The normalized spacial score (nSPS) is 13.7. The van der Waals surface area contributed by atoms with Crippen LogP contribution in [0.4, 0.5) is 5.82 Å². The Bertz CT molecular complexity index is 1160. The van der Waals surface area contributed by atoms with E-state index in [1.807, 2.05) is 6.92 Å². The van der Waals surface area contributed by atoms with Crippen molar-refractivity contribution in [3.63, 3.8) is 0 Å². The van der Waals surface area contributed by atoms with Crippen molar-refractivity contribution in [2.45, 2.75) is 25.9 Å². The van der Waals surface area contributed by atoms with Crippen LogP contribution in [0.2, 0.25) is 0 Å². The van der Waals surface area contributed by atoms with Gasteiger partial charge >= 0.3 is 0 Å². The van der Waals surface area contributed by atoms with Gasteiger partial charge in [-0.2, -0.15) is 5.10 Å². The number of aryl methyl sites for hydroxylation is 1. The molecule has 1 aliphatic heterocycles. The van der Waals surface area contributed by atoms with Gasteiger partial charge in [0.2, 0.25) is 5.88 Å². The molecule has 1 aromatic carbocycles. The monoisotopic (exact) mass is 466 g/mol. The Morgan fingerprint density at radius 1 is 1.18 bits per heavy atom. The molecule has 1 aliphatic rings. The summed E-state index contributed by atoms with van der Waals surface area (Å²) in [6.07, 6.45) is 5.31. The number of anilines is 1. The quantitative estimate of drug-likeness (QED) is 0.491. The highest BCUT2D eigenvalue weighted by molar-refractivity contribution is 6.04. The molecule has 0 aliphatic carbocycles. The van der Waals surface area contributed by atoms with Gasteiger partial charge in [0, 0.05) is 44.0 Å². The van der Waals surface area contributed by atoms with Crippen molar-refractivity contribution in [3.05, 3.63) is 54.1 Å². The molecule has 0 radical (unpaired) electrons. The number of benzene rings is 1. The summed E-state index contributed by atoms with van der Waals surface area (Å²) >= 11 is 0. The zero-order valence-electron chi connectivity index (χ0n) is 19.0. The summed E-state index contributed by atoms with van der Waals surface area (Å²) in [5.74, 6) is 0.604. The fourth-order valence-corrected chi connectivity index (χ4v) is 3.11. The lowest BCUT2D eigenvalue weighted by molar-refractivity contribution is 0.0645. The van der Waals surface area contributed by atoms with Crippen LogP contribution in [0.3, 0.4) is 0 Å². The minimum Gasteiger partial charge on any atom is -0.491 e. The smallest absolute Gasteiger partial charge is 0.274 e. The van der Waals surface area contributed by atoms with Gasteiger partial charge in [0.25, 0.3) is 11.8 Å². The van der Waals surface area contributed by atoms with E-state index in [2.05, 4.69) is 20.4 Å². The summed E-state index contributed by atoms with van der Waals surface area (Å²) in [7, 11) is 1.75. The topological polar surface area (TPSA) is 132 Å². The number of rotatable bonds is 9. The predicted octanol–water partition coefficient (Wildman–Crippen LogP) is 2.25. The molecule has 1 saturated heterocycles. The molecule has 34 heavy (non-hydrogen) atoms. The fourth-order valence-electron chi connectivity index (χ4n) is 3.11. The highest BCUT2D eigenvalue weighted by atomic mass is 16.5. The number of ether oxygens (including phenoxy) is 2. The molecule has 3 aromatic rings. The molecule has 0 spiro atoms. The number of nitrogens with one attached hydrogen (secondary N) is 1. The van der Waals surface area contributed by atoms with Crippen molar-refractivity contribution in [1.82, 2.24) is 24.6 Å². The fraction of sp³-hybridized carbons (Fsp3) is 0.348. The molecule has 3 heterocycles. The second-order valence-electron chi connectivity index (χ2n) is 7.88. The molecular weight excluding hydrogens is 440 g/mol. The van der Waals surface area contributed by atoms with Crippen molar-refractivity contribution < 1.29 is 24.2 Å². The minimum atomic E-state index is -0.641. The van der Waals surface area contributed by atoms with Crippen LogP contribution in [0.5, 0.6) is 17.4 Å². The molecule has 0 unspecified atom stereocenters. The third-order valence-corrected chi connectivity index (χ3v) is 5.22. The van der Waals surface area contributed by atoms with Crippen LogP contribution in [-0.4, -0.2) is 67.4 Å². The van der Waals surface area contributed by atoms with Crippen LogP contribution in [0.25, 0.3) is 0 Å². The van der Waals surface area contributed by atoms with E-state index in [4.69, 9.17) is 9.47 Å². The molecule has 2 aromatic heterocycles. The number of carbonyl (C=O) groups is 2. The Hall–Kier alpha value is -3.99. The van der Waals surface area contributed by atoms with Crippen molar-refractivity contribution in [2.24, 2.45) is 7.05 Å². The van der Waals surface area contributed by atoms with Gasteiger partial charge in [0.05, 0.1) is 18.5 Å². The first-order valence-electron chi connectivity index (χ1n) is 11.0. The van der Waals surface area contributed by atoms with E-state index in [9.17, 15) is 14.7 Å². The number of aliphatic hydroxyl groups is 1. The van der Waals surface area contributed by atoms with E-state index in [-0.39, 0.29) is 35.4 Å². The molecule has 11 nitrogen and oxygen atoms in total. The van der Waals surface area contributed by atoms with Gasteiger partial charge in [-0.25, -0.2) is 9.97 Å². The maximum atomic E-state index is 12.8. The van der Waals surface area contributed by atoms with Crippen LogP contribution in [0, 0.1) is 0 Å². The van der Waals surface area contributed by atoms with E-state index < -0.39 is 12.0 Å². The van der Waals surface area contributed by atoms with Crippen LogP contribution in [-0.2, 0) is 7.05 Å². The van der Waals surface area contributed by atoms with Gasteiger partial charge in [-0.3, -0.25) is 14.3 Å². The largest absolute Gasteiger partial charge is 0.491 e. The van der Waals surface area contributed by atoms with Crippen molar-refractivity contribution in [2.75, 3.05) is 25.0 Å². The Morgan fingerprint density at radius 3 is 2.59 bits per heavy atom. The summed E-state index contributed by atoms with van der Waals surface area (Å²) in [6.45, 7) is 3.35. The number of hydrogen-bond donors (Lipinski definition) is 2. The molecule has 2 amide bonds. The highest BCUT2D eigenvalue weighted by Gasteiger charge is 2.23. The van der Waals surface area contributed by atoms with Crippen LogP contribution >= 0.6 is 0 Å². The van der Waals surface area contributed by atoms with E-state index in [0.29, 0.717) is 18.0 Å². The van der Waals surface area contributed by atoms with Gasteiger partial charge in [-0.15, -0.1) is 0 Å². The summed E-state index contributed by atoms with van der Waals surface area (Å²) in [5, 5.41) is 16.7. The molecule has 4 rings (SSSR count). The van der Waals surface area contributed by atoms with E-state index >= 15 is 0 Å². The average Bonchev–Trinajstić information content (AvgIpc) is 3.21. The van der Waals surface area contributed by atoms with Gasteiger partial charge < -0.3 is 24.8 Å². The molecule has 1 fully saturated rings. The molecule has 0 saturated carbocycles. The Morgan fingerprint density at radius 2 is 1.97 bits per heavy atom. The zero-order valence-corrected chi connectivity index (χ0v) is 19.0. The number of aromatic nitrogens is 4. The third-order valence-electron chi connectivity index (χ3n) is 5.22. The second kappa shape index (κ2) is 10.3. The number of hydrogen-bond acceptors (Lipinski definition) is 8. The van der Waals surface area contributed by atoms with E-state index in [0.717, 1.165) is 19.5 Å². The second-order valence-corrected chi connectivity index (χ2v) is 7.88. The average molecular weight is 466 g/mol. The predicted molar refractivity (Wildman–Crippen MR) is 122 cm³/mol. The number of carbonyl (C=O) groups excluding carboxylic acids is 2. The van der Waals surface area contributed by atoms with Gasteiger partial charge in [0.1, 0.15) is 23.8 Å². The van der Waals surface area contributed by atoms with Crippen molar-refractivity contribution >= 4 is 17.6 Å². The maximum absolute atomic E-state index is 12.8. The van der Waals surface area contributed by atoms with Crippen LogP contribution in [0.15, 0.2) is 42.9 Å². The molecule has 178 valence electrons. The summed E-state index contributed by atoms with van der Waals surface area (Å²) in [5.41, 5.74) is 0.509. The first kappa shape index (κ1) is 23.2. The Kier molecular flexibility index (Phi) is 7.02. The first-order valence-corrected chi connectivity index (χ1v) is 11.0. The molecule has 2 N–H and O–H groups in total. The lowest BCUT2D eigenvalue weighted by Crippen LogP contribution is -2.42. The molecule has 1 atom stereocenters. The van der Waals surface area contributed by atoms with E-state index in [1.54, 1.807) is 41.0 Å². The standard InChI is InChI=1S/C23H26N6O5/c1-3-16(30)14-33-17-9-15(22(31)26-20-5-8-28(2)27-20)10-18(11-17)34-21-13-24-19(12-25-21)23(32)29-6-4-7-29/h5,8-13,16,30H,3-4,6-7,14H2,1-2H3,(H,26,27,31)/t16-/m0/s1. The van der Waals surface area contributed by atoms with Crippen LogP contribution in [0.1, 0.15) is 40.6 Å². The lowest BCUT2D eigenvalue weighted by Gasteiger charge is -2.30. The molecule has 11 heteroatoms. The number of nitrogens with zero attached hydrogens (tertiary/aromatic N) is 5. The number of aliphatic hydroxyl groups excluding tert-OH is 1. The van der Waals surface area contributed by atoms with Gasteiger partial charge in [-0.1, -0.05) is 6.92 Å². The highest BCUT2D eigenvalue weighted by Crippen LogP contribution is 2.27. The minimum absolute atomic E-state index is 0.0639. The maximum Gasteiger partial charge on any atom is 0.274 e. The Balaban J connectivity index is 1.52. The lowest BCUT2D eigenvalue weighted by atomic mass is 10.2. The van der Waals surface area contributed by atoms with Gasteiger partial charge in [-0.05, 0) is 25.0 Å². The summed E-state index contributed by atoms with van der Waals surface area (Å²) in [6, 6.07) is 6.34. The van der Waals surface area contributed by atoms with Crippen LogP contribution < -0.4 is 14.8 Å².